The molecule has 1 heterocycles. The van der Waals surface area contributed by atoms with Gasteiger partial charge in [0.25, 0.3) is 0 Å². The van der Waals surface area contributed by atoms with Gasteiger partial charge in [0.2, 0.25) is 11.0 Å². The molecule has 1 aliphatic carbocycles. The normalized spacial score (nSPS) is 15.3. The molecule has 3 rings (SSSR count). The zero-order valence-corrected chi connectivity index (χ0v) is 15.7. The van der Waals surface area contributed by atoms with E-state index in [4.69, 9.17) is 0 Å². The summed E-state index contributed by atoms with van der Waals surface area (Å²) in [5, 5.41) is 15.2. The van der Waals surface area contributed by atoms with Crippen LogP contribution in [0.1, 0.15) is 45.1 Å². The molecule has 1 aromatic heterocycles. The van der Waals surface area contributed by atoms with Gasteiger partial charge < -0.3 is 10.6 Å². The molecule has 1 fully saturated rings. The molecule has 2 N–H and O–H groups in total. The molecule has 1 amide bonds. The fourth-order valence-corrected chi connectivity index (χ4v) is 4.06. The Morgan fingerprint density at radius 1 is 1.21 bits per heavy atom. The Bertz CT molecular complexity index is 695. The van der Waals surface area contributed by atoms with Gasteiger partial charge in [0.1, 0.15) is 0 Å². The summed E-state index contributed by atoms with van der Waals surface area (Å²) < 4.78 is 0.801. The highest BCUT2D eigenvalue weighted by Crippen LogP contribution is 2.31. The number of hydrogen-bond acceptors (Lipinski definition) is 6. The highest BCUT2D eigenvalue weighted by atomic mass is 32.2. The number of hydrogen-bond donors (Lipinski definition) is 2. The summed E-state index contributed by atoms with van der Waals surface area (Å²) in [4.78, 5) is 12.0. The quantitative estimate of drug-likeness (QED) is 0.724. The van der Waals surface area contributed by atoms with E-state index in [1.807, 2.05) is 6.92 Å². The van der Waals surface area contributed by atoms with Crippen LogP contribution in [0, 0.1) is 0 Å². The van der Waals surface area contributed by atoms with Gasteiger partial charge in [-0.05, 0) is 43.4 Å². The highest BCUT2D eigenvalue weighted by Gasteiger charge is 2.26. The van der Waals surface area contributed by atoms with Gasteiger partial charge in [-0.3, -0.25) is 4.79 Å². The molecule has 0 radical (unpaired) electrons. The van der Waals surface area contributed by atoms with Gasteiger partial charge in [-0.1, -0.05) is 49.1 Å². The Morgan fingerprint density at radius 3 is 2.54 bits per heavy atom. The Balaban J connectivity index is 1.55. The summed E-state index contributed by atoms with van der Waals surface area (Å²) in [6.45, 7) is 6.26. The van der Waals surface area contributed by atoms with E-state index in [0.717, 1.165) is 28.0 Å². The van der Waals surface area contributed by atoms with Crippen molar-refractivity contribution in [3.63, 3.8) is 0 Å². The molecule has 0 spiro atoms. The molecule has 128 valence electrons. The van der Waals surface area contributed by atoms with Crippen molar-refractivity contribution in [2.45, 2.75) is 55.2 Å². The van der Waals surface area contributed by atoms with Gasteiger partial charge in [0.15, 0.2) is 4.34 Å². The van der Waals surface area contributed by atoms with Crippen molar-refractivity contribution in [2.24, 2.45) is 0 Å². The first-order valence-corrected chi connectivity index (χ1v) is 9.88. The lowest BCUT2D eigenvalue weighted by molar-refractivity contribution is -0.120. The lowest BCUT2D eigenvalue weighted by Gasteiger charge is -2.08. The maximum atomic E-state index is 12.0. The molecule has 1 saturated carbocycles. The number of thioether (sulfide) groups is 1. The van der Waals surface area contributed by atoms with Crippen LogP contribution in [0.2, 0.25) is 0 Å². The smallest absolute Gasteiger partial charge is 0.233 e. The minimum Gasteiger partial charge on any atom is -0.352 e. The summed E-state index contributed by atoms with van der Waals surface area (Å²) in [7, 11) is 0. The zero-order chi connectivity index (χ0) is 17.1. The van der Waals surface area contributed by atoms with E-state index >= 15 is 0 Å². The van der Waals surface area contributed by atoms with E-state index in [2.05, 4.69) is 58.9 Å². The van der Waals surface area contributed by atoms with Gasteiger partial charge in [-0.25, -0.2) is 0 Å². The van der Waals surface area contributed by atoms with Crippen LogP contribution in [0.15, 0.2) is 28.6 Å². The minimum atomic E-state index is -0.156. The van der Waals surface area contributed by atoms with Crippen molar-refractivity contribution in [3.8, 4) is 0 Å². The van der Waals surface area contributed by atoms with Crippen molar-refractivity contribution in [1.29, 1.82) is 0 Å². The Hall–Kier alpha value is -1.60. The van der Waals surface area contributed by atoms with E-state index in [0.29, 0.717) is 12.0 Å². The van der Waals surface area contributed by atoms with Crippen molar-refractivity contribution in [3.05, 3.63) is 29.8 Å². The minimum absolute atomic E-state index is 0.0801. The maximum Gasteiger partial charge on any atom is 0.233 e. The number of rotatable bonds is 7. The first-order valence-electron chi connectivity index (χ1n) is 8.19. The van der Waals surface area contributed by atoms with Gasteiger partial charge in [-0.15, -0.1) is 10.2 Å². The van der Waals surface area contributed by atoms with Crippen LogP contribution < -0.4 is 10.6 Å². The number of anilines is 2. The number of amides is 1. The third kappa shape index (κ3) is 4.70. The first-order chi connectivity index (χ1) is 11.5. The Kier molecular flexibility index (Phi) is 5.40. The second-order valence-electron chi connectivity index (χ2n) is 6.32. The van der Waals surface area contributed by atoms with Crippen molar-refractivity contribution < 1.29 is 4.79 Å². The van der Waals surface area contributed by atoms with Crippen LogP contribution >= 0.6 is 23.1 Å². The topological polar surface area (TPSA) is 66.9 Å². The second kappa shape index (κ2) is 7.53. The molecule has 1 aromatic carbocycles. The molecule has 0 bridgehead atoms. The van der Waals surface area contributed by atoms with Crippen LogP contribution in [0.3, 0.4) is 0 Å². The average molecular weight is 363 g/mol. The zero-order valence-electron chi connectivity index (χ0n) is 14.1. The average Bonchev–Trinajstić information content (AvgIpc) is 3.26. The molecule has 5 nitrogen and oxygen atoms in total. The number of nitrogens with zero attached hydrogens (tertiary/aromatic N) is 2. The monoisotopic (exact) mass is 362 g/mol. The molecule has 1 aliphatic rings. The second-order valence-corrected chi connectivity index (χ2v) is 8.88. The third-order valence-corrected chi connectivity index (χ3v) is 5.83. The molecule has 2 aromatic rings. The summed E-state index contributed by atoms with van der Waals surface area (Å²) in [6.07, 6.45) is 2.21. The van der Waals surface area contributed by atoms with Gasteiger partial charge in [-0.2, -0.15) is 0 Å². The van der Waals surface area contributed by atoms with E-state index < -0.39 is 0 Å². The number of benzene rings is 1. The van der Waals surface area contributed by atoms with Crippen molar-refractivity contribution in [2.75, 3.05) is 5.32 Å². The van der Waals surface area contributed by atoms with Crippen LogP contribution in [0.5, 0.6) is 0 Å². The fourth-order valence-electron chi connectivity index (χ4n) is 2.13. The standard InChI is InChI=1S/C17H22N4OS2/c1-10(2)12-4-6-14(7-5-12)19-16-20-21-17(24-16)23-11(3)15(22)18-13-8-9-13/h4-7,10-11,13H,8-9H2,1-3H3,(H,18,22)(H,19,20). The summed E-state index contributed by atoms with van der Waals surface area (Å²) in [6, 6.07) is 8.73. The van der Waals surface area contributed by atoms with Crippen LogP contribution in [-0.2, 0) is 4.79 Å². The molecule has 1 atom stereocenters. The van der Waals surface area contributed by atoms with Crippen molar-refractivity contribution in [1.82, 2.24) is 15.5 Å². The number of nitrogens with one attached hydrogen (secondary N) is 2. The van der Waals surface area contributed by atoms with Crippen LogP contribution in [0.4, 0.5) is 10.8 Å². The number of aromatic nitrogens is 2. The Morgan fingerprint density at radius 2 is 1.92 bits per heavy atom. The Labute approximate surface area is 150 Å². The summed E-state index contributed by atoms with van der Waals surface area (Å²) >= 11 is 2.92. The lowest BCUT2D eigenvalue weighted by Crippen LogP contribution is -2.32. The highest BCUT2D eigenvalue weighted by molar-refractivity contribution is 8.02. The van der Waals surface area contributed by atoms with Gasteiger partial charge in [0, 0.05) is 11.7 Å². The molecule has 0 aliphatic heterocycles. The van der Waals surface area contributed by atoms with E-state index in [1.54, 1.807) is 0 Å². The molecule has 1 unspecified atom stereocenters. The SMILES string of the molecule is CC(Sc1nnc(Nc2ccc(C(C)C)cc2)s1)C(=O)NC1CC1. The van der Waals surface area contributed by atoms with Gasteiger partial charge >= 0.3 is 0 Å². The molecule has 24 heavy (non-hydrogen) atoms. The van der Waals surface area contributed by atoms with E-state index in [-0.39, 0.29) is 11.2 Å². The number of carbonyl (C=O) groups excluding carboxylic acids is 1. The maximum absolute atomic E-state index is 12.0. The predicted octanol–water partition coefficient (Wildman–Crippen LogP) is 4.16. The molecular formula is C17H22N4OS2. The molecule has 0 saturated heterocycles. The van der Waals surface area contributed by atoms with Gasteiger partial charge in [0.05, 0.1) is 5.25 Å². The number of carbonyl (C=O) groups is 1. The van der Waals surface area contributed by atoms with E-state index in [9.17, 15) is 4.79 Å². The molecular weight excluding hydrogens is 340 g/mol. The first kappa shape index (κ1) is 17.2. The molecule has 7 heteroatoms. The third-order valence-electron chi connectivity index (χ3n) is 3.81. The van der Waals surface area contributed by atoms with E-state index in [1.165, 1.54) is 28.7 Å². The van der Waals surface area contributed by atoms with Crippen molar-refractivity contribution >= 4 is 39.8 Å². The lowest BCUT2D eigenvalue weighted by atomic mass is 10.0. The van der Waals surface area contributed by atoms with Crippen LogP contribution in [0.25, 0.3) is 0 Å². The van der Waals surface area contributed by atoms with Crippen LogP contribution in [-0.4, -0.2) is 27.4 Å². The largest absolute Gasteiger partial charge is 0.352 e. The summed E-state index contributed by atoms with van der Waals surface area (Å²) in [5.41, 5.74) is 2.30. The fraction of sp³-hybridized carbons (Fsp3) is 0.471. The summed E-state index contributed by atoms with van der Waals surface area (Å²) in [5.74, 6) is 0.600. The predicted molar refractivity (Wildman–Crippen MR) is 100 cm³/mol.